The maximum absolute atomic E-state index is 13.2. The number of anilines is 1. The number of nitrogens with one attached hydrogen (secondary N) is 1. The standard InChI is InChI=1S/C16H13ClF3NO2S.C4H10O.C2H2/c1-8(22)7-24-14-4-9(2-3-11(14)17)16(23)21-10-5-12(18)15(20)13(19)6-10;1-2-3-4-5;1-2/h2-6,8,22H,7H2,1H3,(H,21,23);5H,2-4H2,1H3;1-2H. The highest BCUT2D eigenvalue weighted by Crippen LogP contribution is 2.29. The van der Waals surface area contributed by atoms with Crippen molar-refractivity contribution in [2.45, 2.75) is 37.7 Å². The summed E-state index contributed by atoms with van der Waals surface area (Å²) in [4.78, 5) is 12.8. The minimum absolute atomic E-state index is 0.204. The number of carbonyl (C=O) groups excluding carboxylic acids is 1. The normalized spacial score (nSPS) is 10.8. The van der Waals surface area contributed by atoms with Gasteiger partial charge in [-0.1, -0.05) is 24.9 Å². The second kappa shape index (κ2) is 15.6. The van der Waals surface area contributed by atoms with Crippen LogP contribution in [0, 0.1) is 30.3 Å². The number of terminal acetylenes is 1. The zero-order valence-electron chi connectivity index (χ0n) is 17.2. The Labute approximate surface area is 189 Å². The third-order valence-corrected chi connectivity index (χ3v) is 5.17. The van der Waals surface area contributed by atoms with Gasteiger partial charge in [0.1, 0.15) is 0 Å². The van der Waals surface area contributed by atoms with E-state index in [1.807, 2.05) is 0 Å². The summed E-state index contributed by atoms with van der Waals surface area (Å²) in [6.07, 6.45) is 9.49. The molecule has 2 aromatic rings. The van der Waals surface area contributed by atoms with E-state index in [9.17, 15) is 23.1 Å². The lowest BCUT2D eigenvalue weighted by molar-refractivity contribution is 0.102. The minimum Gasteiger partial charge on any atom is -0.396 e. The van der Waals surface area contributed by atoms with Crippen LogP contribution in [0.25, 0.3) is 0 Å². The van der Waals surface area contributed by atoms with Crippen LogP contribution < -0.4 is 5.32 Å². The summed E-state index contributed by atoms with van der Waals surface area (Å²) < 4.78 is 39.3. The number of unbranched alkanes of at least 4 members (excludes halogenated alkanes) is 1. The highest BCUT2D eigenvalue weighted by Gasteiger charge is 2.14. The van der Waals surface area contributed by atoms with E-state index in [0.717, 1.165) is 12.8 Å². The van der Waals surface area contributed by atoms with E-state index in [-0.39, 0.29) is 11.3 Å². The minimum atomic E-state index is -1.60. The van der Waals surface area contributed by atoms with Gasteiger partial charge in [-0.3, -0.25) is 4.79 Å². The average molecular weight is 476 g/mol. The van der Waals surface area contributed by atoms with E-state index in [0.29, 0.717) is 34.4 Å². The van der Waals surface area contributed by atoms with Gasteiger partial charge in [0.2, 0.25) is 0 Å². The molecule has 9 heteroatoms. The van der Waals surface area contributed by atoms with Gasteiger partial charge < -0.3 is 15.5 Å². The van der Waals surface area contributed by atoms with Gasteiger partial charge >= 0.3 is 0 Å². The number of aliphatic hydroxyl groups is 2. The number of carbonyl (C=O) groups is 1. The highest BCUT2D eigenvalue weighted by molar-refractivity contribution is 7.99. The highest BCUT2D eigenvalue weighted by atomic mass is 35.5. The lowest BCUT2D eigenvalue weighted by Gasteiger charge is -2.10. The second-order valence-electron chi connectivity index (χ2n) is 6.09. The molecular weight excluding hydrogens is 451 g/mol. The summed E-state index contributed by atoms with van der Waals surface area (Å²) in [5.74, 6) is -4.63. The lowest BCUT2D eigenvalue weighted by atomic mass is 10.2. The van der Waals surface area contributed by atoms with Gasteiger partial charge in [-0.05, 0) is 31.5 Å². The summed E-state index contributed by atoms with van der Waals surface area (Å²) in [5.41, 5.74) is 0.00201. The summed E-state index contributed by atoms with van der Waals surface area (Å²) in [5, 5.41) is 20.1. The quantitative estimate of drug-likeness (QED) is 0.280. The Hall–Kier alpha value is -2.18. The molecule has 1 unspecified atom stereocenters. The molecule has 0 aliphatic heterocycles. The maximum atomic E-state index is 13.2. The van der Waals surface area contributed by atoms with Crippen molar-refractivity contribution in [1.82, 2.24) is 0 Å². The maximum Gasteiger partial charge on any atom is 0.255 e. The van der Waals surface area contributed by atoms with Crippen LogP contribution in [0.3, 0.4) is 0 Å². The Kier molecular flexibility index (Phi) is 14.5. The van der Waals surface area contributed by atoms with Crippen LogP contribution in [0.4, 0.5) is 18.9 Å². The number of halogens is 4. The number of benzene rings is 2. The van der Waals surface area contributed by atoms with Gasteiger partial charge in [0.05, 0.1) is 11.1 Å². The van der Waals surface area contributed by atoms with Crippen molar-refractivity contribution in [3.63, 3.8) is 0 Å². The Morgan fingerprint density at radius 1 is 1.19 bits per heavy atom. The predicted molar refractivity (Wildman–Crippen MR) is 120 cm³/mol. The number of aliphatic hydroxyl groups excluding tert-OH is 2. The Bertz CT molecular complexity index is 838. The predicted octanol–water partition coefficient (Wildman–Crippen LogP) is 5.51. The topological polar surface area (TPSA) is 69.6 Å². The van der Waals surface area contributed by atoms with Crippen LogP contribution in [0.15, 0.2) is 35.2 Å². The Morgan fingerprint density at radius 3 is 2.23 bits per heavy atom. The molecule has 0 spiro atoms. The molecule has 0 saturated heterocycles. The molecule has 2 rings (SSSR count). The molecule has 0 bridgehead atoms. The molecule has 1 amide bonds. The molecule has 0 saturated carbocycles. The molecule has 0 aliphatic rings. The van der Waals surface area contributed by atoms with Crippen molar-refractivity contribution in [2.75, 3.05) is 17.7 Å². The van der Waals surface area contributed by atoms with Gasteiger partial charge in [-0.25, -0.2) is 13.2 Å². The monoisotopic (exact) mass is 475 g/mol. The van der Waals surface area contributed by atoms with Crippen molar-refractivity contribution >= 4 is 35.0 Å². The van der Waals surface area contributed by atoms with Crippen molar-refractivity contribution < 1.29 is 28.2 Å². The smallest absolute Gasteiger partial charge is 0.255 e. The summed E-state index contributed by atoms with van der Waals surface area (Å²) >= 11 is 7.30. The summed E-state index contributed by atoms with van der Waals surface area (Å²) in [6, 6.07) is 5.83. The second-order valence-corrected chi connectivity index (χ2v) is 7.56. The molecule has 170 valence electrons. The van der Waals surface area contributed by atoms with Crippen molar-refractivity contribution in [2.24, 2.45) is 0 Å². The van der Waals surface area contributed by atoms with Crippen LogP contribution in [0.1, 0.15) is 37.0 Å². The molecule has 31 heavy (non-hydrogen) atoms. The fourth-order valence-corrected chi connectivity index (χ4v) is 3.07. The summed E-state index contributed by atoms with van der Waals surface area (Å²) in [7, 11) is 0. The summed E-state index contributed by atoms with van der Waals surface area (Å²) in [6.45, 7) is 4.02. The third-order valence-electron chi connectivity index (χ3n) is 3.43. The number of thioether (sulfide) groups is 1. The van der Waals surface area contributed by atoms with E-state index >= 15 is 0 Å². The molecule has 2 aromatic carbocycles. The number of rotatable bonds is 7. The first-order valence-electron chi connectivity index (χ1n) is 9.20. The largest absolute Gasteiger partial charge is 0.396 e. The first-order chi connectivity index (χ1) is 14.7. The van der Waals surface area contributed by atoms with Gasteiger partial charge in [0.15, 0.2) is 17.5 Å². The molecular formula is C22H25ClF3NO3S. The van der Waals surface area contributed by atoms with Crippen LogP contribution in [0.2, 0.25) is 5.02 Å². The van der Waals surface area contributed by atoms with Crippen LogP contribution in [0.5, 0.6) is 0 Å². The van der Waals surface area contributed by atoms with Crippen LogP contribution >= 0.6 is 23.4 Å². The third kappa shape index (κ3) is 10.6. The van der Waals surface area contributed by atoms with Crippen LogP contribution in [-0.2, 0) is 0 Å². The molecule has 4 nitrogen and oxygen atoms in total. The number of hydrogen-bond acceptors (Lipinski definition) is 4. The molecule has 0 heterocycles. The first-order valence-corrected chi connectivity index (χ1v) is 10.6. The van der Waals surface area contributed by atoms with Gasteiger partial charge in [0.25, 0.3) is 5.91 Å². The fraction of sp³-hybridized carbons (Fsp3) is 0.318. The van der Waals surface area contributed by atoms with E-state index in [4.69, 9.17) is 16.7 Å². The van der Waals surface area contributed by atoms with E-state index in [1.54, 1.807) is 6.92 Å². The molecule has 1 atom stereocenters. The van der Waals surface area contributed by atoms with Gasteiger partial charge in [0, 0.05) is 40.6 Å². The molecule has 0 fully saturated rings. The van der Waals surface area contributed by atoms with Crippen molar-refractivity contribution in [1.29, 1.82) is 0 Å². The number of hydrogen-bond donors (Lipinski definition) is 3. The van der Waals surface area contributed by atoms with Crippen molar-refractivity contribution in [3.8, 4) is 12.8 Å². The SMILES string of the molecule is C#C.CC(O)CSc1cc(C(=O)Nc2cc(F)c(F)c(F)c2)ccc1Cl.CCCCO. The molecule has 0 aliphatic carbocycles. The van der Waals surface area contributed by atoms with Gasteiger partial charge in [-0.2, -0.15) is 0 Å². The van der Waals surface area contributed by atoms with E-state index < -0.39 is 29.5 Å². The zero-order chi connectivity index (χ0) is 24.0. The van der Waals surface area contributed by atoms with E-state index in [1.165, 1.54) is 30.0 Å². The fourth-order valence-electron chi connectivity index (χ4n) is 1.95. The Morgan fingerprint density at radius 2 is 1.77 bits per heavy atom. The first kappa shape index (κ1) is 28.8. The molecule has 3 N–H and O–H groups in total. The number of amides is 1. The van der Waals surface area contributed by atoms with E-state index in [2.05, 4.69) is 25.1 Å². The van der Waals surface area contributed by atoms with Crippen LogP contribution in [-0.4, -0.2) is 34.6 Å². The molecule has 0 aromatic heterocycles. The zero-order valence-corrected chi connectivity index (χ0v) is 18.7. The Balaban J connectivity index is 0.00000113. The lowest BCUT2D eigenvalue weighted by Crippen LogP contribution is -2.13. The van der Waals surface area contributed by atoms with Crippen molar-refractivity contribution in [3.05, 3.63) is 58.4 Å². The van der Waals surface area contributed by atoms with Gasteiger partial charge in [-0.15, -0.1) is 24.6 Å². The average Bonchev–Trinajstić information content (AvgIpc) is 2.73. The molecule has 0 radical (unpaired) electrons.